The van der Waals surface area contributed by atoms with Crippen LogP contribution in [-0.4, -0.2) is 19.1 Å². The van der Waals surface area contributed by atoms with E-state index in [-0.39, 0.29) is 5.92 Å². The monoisotopic (exact) mass is 536 g/mol. The first-order valence-electron chi connectivity index (χ1n) is 10.9. The number of fused-ring (bicyclic) bond motifs is 1. The molecule has 4 rings (SSSR count). The average Bonchev–Trinajstić information content (AvgIpc) is 3.22. The lowest BCUT2D eigenvalue weighted by molar-refractivity contribution is 0.459. The number of aryl methyl sites for hydroxylation is 1. The average molecular weight is 537 g/mol. The summed E-state index contributed by atoms with van der Waals surface area (Å²) < 4.78 is 18.3. The van der Waals surface area contributed by atoms with Gasteiger partial charge in [0.1, 0.15) is 17.5 Å². The zero-order valence-corrected chi connectivity index (χ0v) is 21.6. The molecule has 2 N–H and O–H groups in total. The van der Waals surface area contributed by atoms with Crippen molar-refractivity contribution in [2.24, 2.45) is 5.14 Å². The number of halogens is 1. The summed E-state index contributed by atoms with van der Waals surface area (Å²) in [6.45, 7) is 5.81. The molecule has 0 aliphatic rings. The first-order valence-corrected chi connectivity index (χ1v) is 12.9. The van der Waals surface area contributed by atoms with E-state index in [1.807, 2.05) is 63.2 Å². The molecule has 6 nitrogen and oxygen atoms in total. The maximum Gasteiger partial charge on any atom is 0.168 e. The number of aromatic nitrogens is 2. The summed E-state index contributed by atoms with van der Waals surface area (Å²) in [5.74, 6) is -0.0685. The lowest BCUT2D eigenvalue weighted by Gasteiger charge is -2.29. The second-order valence-electron chi connectivity index (χ2n) is 8.99. The van der Waals surface area contributed by atoms with E-state index in [2.05, 4.69) is 38.2 Å². The van der Waals surface area contributed by atoms with Crippen LogP contribution in [0.3, 0.4) is 0 Å². The van der Waals surface area contributed by atoms with Crippen molar-refractivity contribution in [3.8, 4) is 17.3 Å². The fourth-order valence-corrected chi connectivity index (χ4v) is 4.92. The first-order chi connectivity index (χ1) is 16.2. The predicted molar refractivity (Wildman–Crippen MR) is 138 cm³/mol. The van der Waals surface area contributed by atoms with E-state index >= 15 is 0 Å². The van der Waals surface area contributed by atoms with Gasteiger partial charge in [0.15, 0.2) is 5.58 Å². The predicted octanol–water partition coefficient (Wildman–Crippen LogP) is 5.95. The molecule has 4 aromatic rings. The summed E-state index contributed by atoms with van der Waals surface area (Å²) in [4.78, 5) is 4.58. The Morgan fingerprint density at radius 1 is 1.21 bits per heavy atom. The molecule has 0 fully saturated rings. The largest absolute Gasteiger partial charge is 0.356 e. The van der Waals surface area contributed by atoms with Crippen LogP contribution in [0, 0.1) is 18.3 Å². The van der Waals surface area contributed by atoms with Crippen molar-refractivity contribution >= 4 is 37.9 Å². The van der Waals surface area contributed by atoms with E-state index in [9.17, 15) is 9.47 Å². The number of nitrogens with zero attached hydrogens (tertiary/aromatic N) is 3. The van der Waals surface area contributed by atoms with Crippen molar-refractivity contribution in [2.75, 3.05) is 0 Å². The fourth-order valence-electron chi connectivity index (χ4n) is 4.22. The molecule has 0 saturated carbocycles. The lowest BCUT2D eigenvalue weighted by atomic mass is 9.82. The molecule has 0 aliphatic heterocycles. The molecule has 0 amide bonds. The maximum atomic E-state index is 12.4. The molecule has 2 aromatic heterocycles. The minimum absolute atomic E-state index is 0.0685. The Kier molecular flexibility index (Phi) is 6.99. The summed E-state index contributed by atoms with van der Waals surface area (Å²) >= 11 is 3.48. The molecule has 2 aromatic carbocycles. The quantitative estimate of drug-likeness (QED) is 0.314. The second kappa shape index (κ2) is 9.79. The van der Waals surface area contributed by atoms with E-state index in [0.29, 0.717) is 24.1 Å². The number of nitriles is 1. The van der Waals surface area contributed by atoms with Crippen LogP contribution in [0.4, 0.5) is 0 Å². The van der Waals surface area contributed by atoms with E-state index in [1.165, 1.54) is 0 Å². The van der Waals surface area contributed by atoms with Gasteiger partial charge in [-0.15, -0.1) is 0 Å². The molecule has 0 radical (unpaired) electrons. The molecule has 0 bridgehead atoms. The summed E-state index contributed by atoms with van der Waals surface area (Å²) in [5, 5.41) is 20.5. The normalized spacial score (nSPS) is 13.5. The van der Waals surface area contributed by atoms with Crippen molar-refractivity contribution in [2.45, 2.75) is 44.3 Å². The van der Waals surface area contributed by atoms with Gasteiger partial charge in [-0.1, -0.05) is 51.4 Å². The Morgan fingerprint density at radius 2 is 1.97 bits per heavy atom. The van der Waals surface area contributed by atoms with Gasteiger partial charge in [-0.05, 0) is 74.9 Å². The summed E-state index contributed by atoms with van der Waals surface area (Å²) in [6.07, 6.45) is 1.13. The molecule has 8 heteroatoms. The first kappa shape index (κ1) is 24.3. The summed E-state index contributed by atoms with van der Waals surface area (Å²) in [7, 11) is -1.52. The number of nitrogens with two attached hydrogens (primary N) is 1. The molecule has 34 heavy (non-hydrogen) atoms. The minimum Gasteiger partial charge on any atom is -0.356 e. The Labute approximate surface area is 209 Å². The van der Waals surface area contributed by atoms with Crippen LogP contribution in [0.15, 0.2) is 63.6 Å². The highest BCUT2D eigenvalue weighted by Gasteiger charge is 2.31. The van der Waals surface area contributed by atoms with Gasteiger partial charge >= 0.3 is 0 Å². The van der Waals surface area contributed by atoms with Crippen molar-refractivity contribution < 1.29 is 8.73 Å². The van der Waals surface area contributed by atoms with E-state index < -0.39 is 15.7 Å². The van der Waals surface area contributed by atoms with Crippen LogP contribution in [0.1, 0.15) is 48.7 Å². The smallest absolute Gasteiger partial charge is 0.168 e. The standard InChI is InChI=1S/C26H25BrN4O2S/c1-16-8-10-19(15-28)30-23(16)12-17(14-26(2,3)34(29)32)20-6-4-5-7-21(20)25-22-11-9-18(27)13-24(22)33-31-25/h4-11,13,17H,12,14,29H2,1-3H3/t17-,34?/m0/s1. The van der Waals surface area contributed by atoms with Crippen LogP contribution in [-0.2, 0) is 17.4 Å². The topological polar surface area (TPSA) is 106 Å². The van der Waals surface area contributed by atoms with Gasteiger partial charge in [0, 0.05) is 21.1 Å². The maximum absolute atomic E-state index is 12.4. The molecule has 0 spiro atoms. The molecular weight excluding hydrogens is 512 g/mol. The summed E-state index contributed by atoms with van der Waals surface area (Å²) in [5.41, 5.74) is 5.66. The van der Waals surface area contributed by atoms with Crippen molar-refractivity contribution in [1.82, 2.24) is 10.1 Å². The van der Waals surface area contributed by atoms with Gasteiger partial charge in [-0.25, -0.2) is 9.19 Å². The molecule has 0 aliphatic carbocycles. The zero-order chi connectivity index (χ0) is 24.5. The Morgan fingerprint density at radius 3 is 2.71 bits per heavy atom. The van der Waals surface area contributed by atoms with Crippen LogP contribution in [0.25, 0.3) is 22.2 Å². The molecular formula is C26H25BrN4O2S. The minimum atomic E-state index is -1.52. The van der Waals surface area contributed by atoms with Crippen LogP contribution in [0.2, 0.25) is 0 Å². The number of rotatable bonds is 7. The van der Waals surface area contributed by atoms with Gasteiger partial charge in [-0.3, -0.25) is 5.14 Å². The molecule has 174 valence electrons. The highest BCUT2D eigenvalue weighted by molar-refractivity contribution is 9.10. The lowest BCUT2D eigenvalue weighted by Crippen LogP contribution is -2.34. The molecule has 0 saturated heterocycles. The van der Waals surface area contributed by atoms with Crippen molar-refractivity contribution in [3.63, 3.8) is 0 Å². The number of hydrogen-bond acceptors (Lipinski definition) is 5. The third-order valence-electron chi connectivity index (χ3n) is 6.13. The van der Waals surface area contributed by atoms with Crippen molar-refractivity contribution in [3.05, 3.63) is 81.6 Å². The third kappa shape index (κ3) is 4.97. The SMILES string of the molecule is Cc1ccc(C#N)nc1C[C@@H](CC(C)(C)S(N)=O)c1ccccc1-c1noc2cc(Br)ccc12. The van der Waals surface area contributed by atoms with E-state index in [0.717, 1.165) is 37.9 Å². The van der Waals surface area contributed by atoms with Gasteiger partial charge in [0.2, 0.25) is 0 Å². The van der Waals surface area contributed by atoms with Gasteiger partial charge in [0.05, 0.1) is 15.7 Å². The molecule has 1 unspecified atom stereocenters. The van der Waals surface area contributed by atoms with Gasteiger partial charge in [0.25, 0.3) is 0 Å². The van der Waals surface area contributed by atoms with E-state index in [1.54, 1.807) is 6.07 Å². The number of hydrogen-bond donors (Lipinski definition) is 1. The number of benzene rings is 2. The van der Waals surface area contributed by atoms with Crippen LogP contribution in [0.5, 0.6) is 0 Å². The van der Waals surface area contributed by atoms with Gasteiger partial charge in [-0.2, -0.15) is 5.26 Å². The fraction of sp³-hybridized carbons (Fsp3) is 0.269. The highest BCUT2D eigenvalue weighted by atomic mass is 79.9. The van der Waals surface area contributed by atoms with Crippen LogP contribution >= 0.6 is 15.9 Å². The van der Waals surface area contributed by atoms with Crippen LogP contribution < -0.4 is 5.14 Å². The Hall–Kier alpha value is -2.86. The molecule has 2 atom stereocenters. The Bertz CT molecular complexity index is 1420. The highest BCUT2D eigenvalue weighted by Crippen LogP contribution is 2.39. The third-order valence-corrected chi connectivity index (χ3v) is 7.88. The number of pyridine rings is 1. The van der Waals surface area contributed by atoms with Gasteiger partial charge < -0.3 is 4.52 Å². The van der Waals surface area contributed by atoms with E-state index in [4.69, 9.17) is 9.66 Å². The molecule has 2 heterocycles. The Balaban J connectivity index is 1.85. The van der Waals surface area contributed by atoms with Crippen molar-refractivity contribution in [1.29, 1.82) is 5.26 Å². The summed E-state index contributed by atoms with van der Waals surface area (Å²) in [6, 6.07) is 19.7. The second-order valence-corrected chi connectivity index (χ2v) is 11.6. The zero-order valence-electron chi connectivity index (χ0n) is 19.2.